The largest absolute Gasteiger partial charge is 0.379 e. The minimum absolute atomic E-state index is 0.0130. The summed E-state index contributed by atoms with van der Waals surface area (Å²) in [6.45, 7) is 11.5. The Morgan fingerprint density at radius 1 is 1.23 bits per heavy atom. The summed E-state index contributed by atoms with van der Waals surface area (Å²) in [6, 6.07) is 0. The molecule has 0 atom stereocenters. The number of anilines is 1. The van der Waals surface area contributed by atoms with Gasteiger partial charge in [-0.1, -0.05) is 0 Å². The Morgan fingerprint density at radius 3 is 2.77 bits per heavy atom. The first-order valence-corrected chi connectivity index (χ1v) is 9.91. The molecule has 1 saturated heterocycles. The predicted molar refractivity (Wildman–Crippen MR) is 105 cm³/mol. The third-order valence-electron chi connectivity index (χ3n) is 4.63. The molecular weight excluding hydrogens is 350 g/mol. The number of nitrogens with one attached hydrogen (secondary N) is 2. The summed E-state index contributed by atoms with van der Waals surface area (Å²) in [5, 5.41) is 7.19. The van der Waals surface area contributed by atoms with Crippen LogP contribution in [0.3, 0.4) is 0 Å². The van der Waals surface area contributed by atoms with Crippen molar-refractivity contribution in [2.75, 3.05) is 51.3 Å². The molecule has 1 aliphatic rings. The molecule has 0 aliphatic carbocycles. The molecule has 142 valence electrons. The van der Waals surface area contributed by atoms with Crippen molar-refractivity contribution in [2.45, 2.75) is 27.2 Å². The number of thiophene rings is 1. The fourth-order valence-corrected chi connectivity index (χ4v) is 4.14. The van der Waals surface area contributed by atoms with Gasteiger partial charge >= 0.3 is 0 Å². The van der Waals surface area contributed by atoms with Crippen molar-refractivity contribution in [1.82, 2.24) is 20.2 Å². The minimum atomic E-state index is -0.0130. The number of fused-ring (bicyclic) bond motifs is 1. The molecule has 2 N–H and O–H groups in total. The van der Waals surface area contributed by atoms with E-state index >= 15 is 0 Å². The number of nitrogens with zero attached hydrogens (tertiary/aromatic N) is 3. The summed E-state index contributed by atoms with van der Waals surface area (Å²) in [4.78, 5) is 25.7. The maximum Gasteiger partial charge on any atom is 0.239 e. The number of aromatic nitrogens is 2. The fourth-order valence-electron chi connectivity index (χ4n) is 3.07. The zero-order valence-electron chi connectivity index (χ0n) is 15.7. The zero-order chi connectivity index (χ0) is 18.5. The molecule has 1 aliphatic heterocycles. The number of carbonyl (C=O) groups excluding carboxylic acids is 1. The quantitative estimate of drug-likeness (QED) is 0.717. The minimum Gasteiger partial charge on any atom is -0.379 e. The van der Waals surface area contributed by atoms with E-state index in [1.807, 2.05) is 6.92 Å². The smallest absolute Gasteiger partial charge is 0.239 e. The SMILES string of the molecule is Cc1nc(NCC(=O)NCCCN2CCOCC2)c2c(C)c(C)sc2n1. The van der Waals surface area contributed by atoms with Gasteiger partial charge < -0.3 is 15.4 Å². The Morgan fingerprint density at radius 2 is 2.00 bits per heavy atom. The summed E-state index contributed by atoms with van der Waals surface area (Å²) >= 11 is 1.67. The molecule has 3 rings (SSSR count). The Labute approximate surface area is 158 Å². The van der Waals surface area contributed by atoms with Crippen molar-refractivity contribution < 1.29 is 9.53 Å². The molecule has 2 aromatic rings. The highest BCUT2D eigenvalue weighted by atomic mass is 32.1. The van der Waals surface area contributed by atoms with Gasteiger partial charge in [-0.2, -0.15) is 0 Å². The van der Waals surface area contributed by atoms with Crippen molar-refractivity contribution in [3.8, 4) is 0 Å². The highest BCUT2D eigenvalue weighted by Gasteiger charge is 2.14. The van der Waals surface area contributed by atoms with Gasteiger partial charge in [-0.15, -0.1) is 11.3 Å². The number of hydrogen-bond acceptors (Lipinski definition) is 7. The van der Waals surface area contributed by atoms with Crippen LogP contribution in [-0.2, 0) is 9.53 Å². The van der Waals surface area contributed by atoms with E-state index in [2.05, 4.69) is 39.3 Å². The number of aryl methyl sites for hydroxylation is 3. The van der Waals surface area contributed by atoms with E-state index in [1.165, 1.54) is 10.4 Å². The normalized spacial score (nSPS) is 15.3. The topological polar surface area (TPSA) is 79.4 Å². The molecule has 26 heavy (non-hydrogen) atoms. The van der Waals surface area contributed by atoms with Gasteiger partial charge in [0.2, 0.25) is 5.91 Å². The van der Waals surface area contributed by atoms with E-state index in [0.29, 0.717) is 12.4 Å². The van der Waals surface area contributed by atoms with Crippen molar-refractivity contribution in [3.63, 3.8) is 0 Å². The van der Waals surface area contributed by atoms with Crippen LogP contribution in [-0.4, -0.2) is 66.7 Å². The van der Waals surface area contributed by atoms with Gasteiger partial charge in [0, 0.05) is 24.5 Å². The van der Waals surface area contributed by atoms with Crippen molar-refractivity contribution in [3.05, 3.63) is 16.3 Å². The van der Waals surface area contributed by atoms with Crippen molar-refractivity contribution in [2.24, 2.45) is 0 Å². The van der Waals surface area contributed by atoms with Crippen LogP contribution in [0.4, 0.5) is 5.82 Å². The van der Waals surface area contributed by atoms with Crippen LogP contribution >= 0.6 is 11.3 Å². The highest BCUT2D eigenvalue weighted by molar-refractivity contribution is 7.18. The molecule has 7 nitrogen and oxygen atoms in total. The summed E-state index contributed by atoms with van der Waals surface area (Å²) in [7, 11) is 0. The van der Waals surface area contributed by atoms with E-state index in [9.17, 15) is 4.79 Å². The molecule has 0 aromatic carbocycles. The first-order valence-electron chi connectivity index (χ1n) is 9.09. The average Bonchev–Trinajstić information content (AvgIpc) is 2.91. The van der Waals surface area contributed by atoms with Gasteiger partial charge in [0.1, 0.15) is 16.5 Å². The van der Waals surface area contributed by atoms with E-state index < -0.39 is 0 Å². The van der Waals surface area contributed by atoms with Gasteiger partial charge in [0.15, 0.2) is 0 Å². The molecule has 8 heteroatoms. The lowest BCUT2D eigenvalue weighted by Crippen LogP contribution is -2.38. The molecule has 2 aromatic heterocycles. The Bertz CT molecular complexity index is 771. The van der Waals surface area contributed by atoms with Gasteiger partial charge in [-0.25, -0.2) is 9.97 Å². The Kier molecular flexibility index (Phi) is 6.39. The number of amides is 1. The lowest BCUT2D eigenvalue weighted by atomic mass is 10.2. The van der Waals surface area contributed by atoms with Crippen LogP contribution in [0.25, 0.3) is 10.2 Å². The van der Waals surface area contributed by atoms with Crippen molar-refractivity contribution >= 4 is 33.3 Å². The van der Waals surface area contributed by atoms with E-state index in [4.69, 9.17) is 4.74 Å². The fraction of sp³-hybridized carbons (Fsp3) is 0.611. The third-order valence-corrected chi connectivity index (χ3v) is 5.74. The number of hydrogen-bond donors (Lipinski definition) is 2. The molecule has 1 fully saturated rings. The first-order chi connectivity index (χ1) is 12.5. The van der Waals surface area contributed by atoms with Crippen LogP contribution in [0.2, 0.25) is 0 Å². The Hall–Kier alpha value is -1.77. The summed E-state index contributed by atoms with van der Waals surface area (Å²) in [5.41, 5.74) is 1.18. The van der Waals surface area contributed by atoms with Gasteiger partial charge in [0.05, 0.1) is 25.1 Å². The van der Waals surface area contributed by atoms with Crippen LogP contribution in [0, 0.1) is 20.8 Å². The number of rotatable bonds is 7. The average molecular weight is 378 g/mol. The second-order valence-electron chi connectivity index (χ2n) is 6.59. The maximum absolute atomic E-state index is 12.1. The second-order valence-corrected chi connectivity index (χ2v) is 7.80. The van der Waals surface area contributed by atoms with Crippen LogP contribution in [0.15, 0.2) is 0 Å². The lowest BCUT2D eigenvalue weighted by molar-refractivity contribution is -0.119. The molecule has 0 saturated carbocycles. The van der Waals surface area contributed by atoms with E-state index in [-0.39, 0.29) is 12.5 Å². The predicted octanol–water partition coefficient (Wildman–Crippen LogP) is 1.87. The highest BCUT2D eigenvalue weighted by Crippen LogP contribution is 2.32. The third kappa shape index (κ3) is 4.69. The van der Waals surface area contributed by atoms with Gasteiger partial charge in [-0.3, -0.25) is 9.69 Å². The first kappa shape index (κ1) is 19.0. The van der Waals surface area contributed by atoms with Crippen LogP contribution in [0.5, 0.6) is 0 Å². The molecule has 1 amide bonds. The second kappa shape index (κ2) is 8.75. The van der Waals surface area contributed by atoms with Gasteiger partial charge in [-0.05, 0) is 39.3 Å². The lowest BCUT2D eigenvalue weighted by Gasteiger charge is -2.26. The maximum atomic E-state index is 12.1. The molecule has 0 spiro atoms. The summed E-state index contributed by atoms with van der Waals surface area (Å²) in [6.07, 6.45) is 0.950. The number of carbonyl (C=O) groups is 1. The zero-order valence-corrected chi connectivity index (χ0v) is 16.5. The summed E-state index contributed by atoms with van der Waals surface area (Å²) in [5.74, 6) is 1.45. The number of ether oxygens (including phenoxy) is 1. The van der Waals surface area contributed by atoms with Crippen LogP contribution < -0.4 is 10.6 Å². The van der Waals surface area contributed by atoms with E-state index in [0.717, 1.165) is 55.3 Å². The van der Waals surface area contributed by atoms with Gasteiger partial charge in [0.25, 0.3) is 0 Å². The molecule has 0 radical (unpaired) electrons. The molecule has 0 unspecified atom stereocenters. The Balaban J connectivity index is 1.47. The van der Waals surface area contributed by atoms with Crippen molar-refractivity contribution in [1.29, 1.82) is 0 Å². The molecule has 3 heterocycles. The standard InChI is InChI=1S/C18H27N5O2S/c1-12-13(2)26-18-16(12)17(21-14(3)22-18)20-11-15(24)19-5-4-6-23-7-9-25-10-8-23/h4-11H2,1-3H3,(H,19,24)(H,20,21,22). The van der Waals surface area contributed by atoms with E-state index in [1.54, 1.807) is 11.3 Å². The van der Waals surface area contributed by atoms with Crippen LogP contribution in [0.1, 0.15) is 22.7 Å². The number of morpholine rings is 1. The molecular formula is C18H27N5O2S. The summed E-state index contributed by atoms with van der Waals surface area (Å²) < 4.78 is 5.34. The monoisotopic (exact) mass is 377 g/mol. The molecule has 0 bridgehead atoms.